The highest BCUT2D eigenvalue weighted by atomic mass is 16.5. The Labute approximate surface area is 114 Å². The van der Waals surface area contributed by atoms with Gasteiger partial charge in [-0.15, -0.1) is 0 Å². The van der Waals surface area contributed by atoms with Crippen LogP contribution < -0.4 is 9.64 Å². The maximum atomic E-state index is 5.15. The first-order chi connectivity index (χ1) is 9.22. The molecule has 0 fully saturated rings. The van der Waals surface area contributed by atoms with Crippen LogP contribution in [0.3, 0.4) is 0 Å². The van der Waals surface area contributed by atoms with E-state index in [1.165, 1.54) is 5.56 Å². The molecule has 0 amide bonds. The van der Waals surface area contributed by atoms with Gasteiger partial charge >= 0.3 is 0 Å². The standard InChI is InChI=1S/C15H19N3O/c1-4-13-9-15(17-11-16-13)18(2)10-12-5-7-14(19-3)8-6-12/h5-9,11H,4,10H2,1-3H3. The Morgan fingerprint density at radius 2 is 1.89 bits per heavy atom. The van der Waals surface area contributed by atoms with Crippen LogP contribution in [0.1, 0.15) is 18.2 Å². The Balaban J connectivity index is 2.08. The van der Waals surface area contributed by atoms with Gasteiger partial charge in [0.25, 0.3) is 0 Å². The van der Waals surface area contributed by atoms with Crippen molar-refractivity contribution in [2.24, 2.45) is 0 Å². The van der Waals surface area contributed by atoms with Crippen LogP contribution in [-0.4, -0.2) is 24.1 Å². The average Bonchev–Trinajstić information content (AvgIpc) is 2.48. The van der Waals surface area contributed by atoms with Crippen molar-refractivity contribution >= 4 is 5.82 Å². The minimum atomic E-state index is 0.810. The van der Waals surface area contributed by atoms with Crippen LogP contribution in [0.2, 0.25) is 0 Å². The zero-order chi connectivity index (χ0) is 13.7. The molecule has 0 N–H and O–H groups in total. The fourth-order valence-electron chi connectivity index (χ4n) is 1.87. The largest absolute Gasteiger partial charge is 0.497 e. The molecule has 0 aliphatic heterocycles. The quantitative estimate of drug-likeness (QED) is 0.825. The topological polar surface area (TPSA) is 38.2 Å². The van der Waals surface area contributed by atoms with Gasteiger partial charge in [-0.25, -0.2) is 9.97 Å². The number of ether oxygens (including phenoxy) is 1. The number of hydrogen-bond acceptors (Lipinski definition) is 4. The maximum Gasteiger partial charge on any atom is 0.132 e. The van der Waals surface area contributed by atoms with E-state index < -0.39 is 0 Å². The molecule has 100 valence electrons. The summed E-state index contributed by atoms with van der Waals surface area (Å²) in [5, 5.41) is 0. The zero-order valence-corrected chi connectivity index (χ0v) is 11.6. The van der Waals surface area contributed by atoms with Crippen LogP contribution in [0.15, 0.2) is 36.7 Å². The van der Waals surface area contributed by atoms with E-state index >= 15 is 0 Å². The van der Waals surface area contributed by atoms with Crippen molar-refractivity contribution in [2.45, 2.75) is 19.9 Å². The molecule has 0 aliphatic rings. The van der Waals surface area contributed by atoms with Gasteiger partial charge in [0, 0.05) is 25.4 Å². The summed E-state index contributed by atoms with van der Waals surface area (Å²) in [6.07, 6.45) is 2.55. The summed E-state index contributed by atoms with van der Waals surface area (Å²) in [7, 11) is 3.71. The number of methoxy groups -OCH3 is 1. The first-order valence-corrected chi connectivity index (χ1v) is 6.38. The fraction of sp³-hybridized carbons (Fsp3) is 0.333. The number of benzene rings is 1. The van der Waals surface area contributed by atoms with Gasteiger partial charge < -0.3 is 9.64 Å². The number of aryl methyl sites for hydroxylation is 1. The molecule has 2 aromatic rings. The van der Waals surface area contributed by atoms with Crippen LogP contribution in [0.25, 0.3) is 0 Å². The minimum Gasteiger partial charge on any atom is -0.497 e. The molecule has 0 spiro atoms. The van der Waals surface area contributed by atoms with E-state index in [2.05, 4.69) is 33.9 Å². The molecular weight excluding hydrogens is 238 g/mol. The number of anilines is 1. The van der Waals surface area contributed by atoms with E-state index in [9.17, 15) is 0 Å². The lowest BCUT2D eigenvalue weighted by molar-refractivity contribution is 0.414. The lowest BCUT2D eigenvalue weighted by Gasteiger charge is -2.18. The second-order valence-electron chi connectivity index (χ2n) is 4.43. The summed E-state index contributed by atoms with van der Waals surface area (Å²) in [5.41, 5.74) is 2.28. The molecule has 4 nitrogen and oxygen atoms in total. The van der Waals surface area contributed by atoms with Crippen LogP contribution in [-0.2, 0) is 13.0 Å². The van der Waals surface area contributed by atoms with Crippen molar-refractivity contribution in [3.8, 4) is 5.75 Å². The molecule has 19 heavy (non-hydrogen) atoms. The number of nitrogens with zero attached hydrogens (tertiary/aromatic N) is 3. The van der Waals surface area contributed by atoms with Gasteiger partial charge in [0.1, 0.15) is 17.9 Å². The molecular formula is C15H19N3O. The van der Waals surface area contributed by atoms with Gasteiger partial charge in [-0.1, -0.05) is 19.1 Å². The Hall–Kier alpha value is -2.10. The smallest absolute Gasteiger partial charge is 0.132 e. The van der Waals surface area contributed by atoms with E-state index in [1.54, 1.807) is 13.4 Å². The molecule has 1 heterocycles. The van der Waals surface area contributed by atoms with E-state index in [-0.39, 0.29) is 0 Å². The Kier molecular flexibility index (Phi) is 4.34. The van der Waals surface area contributed by atoms with Crippen molar-refractivity contribution in [2.75, 3.05) is 19.1 Å². The van der Waals surface area contributed by atoms with Crippen LogP contribution in [0.4, 0.5) is 5.82 Å². The molecule has 0 saturated carbocycles. The monoisotopic (exact) mass is 257 g/mol. The number of hydrogen-bond donors (Lipinski definition) is 0. The molecule has 0 aliphatic carbocycles. The highest BCUT2D eigenvalue weighted by Crippen LogP contribution is 2.16. The van der Waals surface area contributed by atoms with Crippen molar-refractivity contribution in [1.29, 1.82) is 0 Å². The lowest BCUT2D eigenvalue weighted by Crippen LogP contribution is -2.18. The molecule has 2 rings (SSSR count). The molecule has 0 saturated heterocycles. The zero-order valence-electron chi connectivity index (χ0n) is 11.6. The van der Waals surface area contributed by atoms with E-state index in [0.717, 1.165) is 30.2 Å². The molecule has 0 bridgehead atoms. The van der Waals surface area contributed by atoms with Gasteiger partial charge in [-0.3, -0.25) is 0 Å². The van der Waals surface area contributed by atoms with Crippen LogP contribution >= 0.6 is 0 Å². The van der Waals surface area contributed by atoms with Gasteiger partial charge in [-0.05, 0) is 24.1 Å². The van der Waals surface area contributed by atoms with Crippen molar-refractivity contribution in [1.82, 2.24) is 9.97 Å². The predicted octanol–water partition coefficient (Wildman–Crippen LogP) is 2.68. The minimum absolute atomic E-state index is 0.810. The summed E-state index contributed by atoms with van der Waals surface area (Å²) >= 11 is 0. The average molecular weight is 257 g/mol. The predicted molar refractivity (Wildman–Crippen MR) is 76.5 cm³/mol. The van der Waals surface area contributed by atoms with Crippen molar-refractivity contribution in [3.63, 3.8) is 0 Å². The molecule has 0 radical (unpaired) electrons. The summed E-state index contributed by atoms with van der Waals surface area (Å²) in [6, 6.07) is 10.1. The van der Waals surface area contributed by atoms with Gasteiger partial charge in [0.2, 0.25) is 0 Å². The van der Waals surface area contributed by atoms with Gasteiger partial charge in [-0.2, -0.15) is 0 Å². The molecule has 1 aromatic carbocycles. The Bertz CT molecular complexity index is 525. The number of aromatic nitrogens is 2. The molecule has 0 unspecified atom stereocenters. The fourth-order valence-corrected chi connectivity index (χ4v) is 1.87. The number of rotatable bonds is 5. The van der Waals surface area contributed by atoms with E-state index in [1.807, 2.05) is 25.2 Å². The van der Waals surface area contributed by atoms with Crippen LogP contribution in [0.5, 0.6) is 5.75 Å². The third kappa shape index (κ3) is 3.44. The summed E-state index contributed by atoms with van der Waals surface area (Å²) in [6.45, 7) is 2.90. The Morgan fingerprint density at radius 3 is 2.53 bits per heavy atom. The summed E-state index contributed by atoms with van der Waals surface area (Å²) in [4.78, 5) is 10.6. The van der Waals surface area contributed by atoms with E-state index in [0.29, 0.717) is 0 Å². The molecule has 1 aromatic heterocycles. The van der Waals surface area contributed by atoms with Crippen molar-refractivity contribution in [3.05, 3.63) is 47.9 Å². The van der Waals surface area contributed by atoms with Crippen LogP contribution in [0, 0.1) is 0 Å². The molecule has 0 atom stereocenters. The second-order valence-corrected chi connectivity index (χ2v) is 4.43. The Morgan fingerprint density at radius 1 is 1.16 bits per heavy atom. The molecule has 4 heteroatoms. The highest BCUT2D eigenvalue weighted by Gasteiger charge is 2.05. The maximum absolute atomic E-state index is 5.15. The van der Waals surface area contributed by atoms with Gasteiger partial charge in [0.05, 0.1) is 7.11 Å². The van der Waals surface area contributed by atoms with E-state index in [4.69, 9.17) is 4.74 Å². The SMILES string of the molecule is CCc1cc(N(C)Cc2ccc(OC)cc2)ncn1. The third-order valence-corrected chi connectivity index (χ3v) is 3.04. The first-order valence-electron chi connectivity index (χ1n) is 6.38. The first kappa shape index (κ1) is 13.3. The van der Waals surface area contributed by atoms with Crippen molar-refractivity contribution < 1.29 is 4.74 Å². The lowest BCUT2D eigenvalue weighted by atomic mass is 10.2. The summed E-state index contributed by atoms with van der Waals surface area (Å²) < 4.78 is 5.15. The second kappa shape index (κ2) is 6.18. The summed E-state index contributed by atoms with van der Waals surface area (Å²) in [5.74, 6) is 1.82. The third-order valence-electron chi connectivity index (χ3n) is 3.04. The normalized spacial score (nSPS) is 10.3. The highest BCUT2D eigenvalue weighted by molar-refractivity contribution is 5.39. The van der Waals surface area contributed by atoms with Gasteiger partial charge in [0.15, 0.2) is 0 Å².